The first-order valence-corrected chi connectivity index (χ1v) is 11.6. The van der Waals surface area contributed by atoms with Crippen molar-refractivity contribution in [1.82, 2.24) is 14.8 Å². The van der Waals surface area contributed by atoms with Gasteiger partial charge in [-0.2, -0.15) is 4.68 Å². The molecule has 3 aromatic rings. The Bertz CT molecular complexity index is 1400. The van der Waals surface area contributed by atoms with Crippen LogP contribution in [0.3, 0.4) is 0 Å². The van der Waals surface area contributed by atoms with Gasteiger partial charge in [0, 0.05) is 6.42 Å². The Labute approximate surface area is 205 Å². The second-order valence-corrected chi connectivity index (χ2v) is 9.36. The lowest BCUT2D eigenvalue weighted by Gasteiger charge is -2.42. The fraction of sp³-hybridized carbons (Fsp3) is 0.333. The van der Waals surface area contributed by atoms with Gasteiger partial charge in [-0.25, -0.2) is 4.79 Å². The van der Waals surface area contributed by atoms with Crippen LogP contribution in [0.15, 0.2) is 33.9 Å². The van der Waals surface area contributed by atoms with E-state index in [1.807, 2.05) is 32.9 Å². The fourth-order valence-electron chi connectivity index (χ4n) is 4.49. The topological polar surface area (TPSA) is 120 Å². The summed E-state index contributed by atoms with van der Waals surface area (Å²) in [4.78, 5) is 38.6. The Morgan fingerprint density at radius 2 is 1.79 bits per heavy atom. The summed E-state index contributed by atoms with van der Waals surface area (Å²) in [6.45, 7) is 5.80. The lowest BCUT2D eigenvalue weighted by atomic mass is 9.60. The Morgan fingerprint density at radius 1 is 1.15 bits per heavy atom. The summed E-state index contributed by atoms with van der Waals surface area (Å²) in [7, 11) is 0. The van der Waals surface area contributed by atoms with E-state index in [-0.39, 0.29) is 33.1 Å². The number of nitrogens with zero attached hydrogens (tertiary/aromatic N) is 2. The highest BCUT2D eigenvalue weighted by Crippen LogP contribution is 2.48. The van der Waals surface area contributed by atoms with Crippen molar-refractivity contribution < 1.29 is 9.53 Å². The first kappa shape index (κ1) is 24.0. The minimum atomic E-state index is -0.787. The molecule has 1 fully saturated rings. The fourth-order valence-corrected chi connectivity index (χ4v) is 5.04. The van der Waals surface area contributed by atoms with Crippen molar-refractivity contribution in [3.63, 3.8) is 0 Å². The molecule has 0 saturated heterocycles. The maximum Gasteiger partial charge on any atom is 0.349 e. The number of nitrogens with one attached hydrogen (secondary N) is 1. The third kappa shape index (κ3) is 4.01. The van der Waals surface area contributed by atoms with Gasteiger partial charge in [0.1, 0.15) is 11.5 Å². The van der Waals surface area contributed by atoms with Gasteiger partial charge in [-0.1, -0.05) is 42.6 Å². The molecule has 1 aliphatic rings. The average Bonchev–Trinajstić information content (AvgIpc) is 2.74. The minimum absolute atomic E-state index is 0.130. The van der Waals surface area contributed by atoms with Gasteiger partial charge in [-0.15, -0.1) is 5.10 Å². The van der Waals surface area contributed by atoms with Crippen molar-refractivity contribution in [3.05, 3.63) is 71.8 Å². The SMILES string of the molecule is CCC(=O)C1(c2cc(Oc3c(Cl)cc(-n4nc(N)c(=O)[nH]c4=O)cc3Cl)c(C)cc2C)CCC1. The summed E-state index contributed by atoms with van der Waals surface area (Å²) >= 11 is 12.9. The predicted molar refractivity (Wildman–Crippen MR) is 132 cm³/mol. The van der Waals surface area contributed by atoms with Crippen molar-refractivity contribution >= 4 is 34.8 Å². The maximum absolute atomic E-state index is 12.8. The van der Waals surface area contributed by atoms with E-state index >= 15 is 0 Å². The molecule has 10 heteroatoms. The van der Waals surface area contributed by atoms with Crippen LogP contribution in [-0.4, -0.2) is 20.5 Å². The van der Waals surface area contributed by atoms with Crippen LogP contribution in [0.4, 0.5) is 5.82 Å². The van der Waals surface area contributed by atoms with E-state index < -0.39 is 16.7 Å². The third-order valence-corrected chi connectivity index (χ3v) is 6.95. The summed E-state index contributed by atoms with van der Waals surface area (Å²) < 4.78 is 7.04. The molecule has 0 radical (unpaired) electrons. The smallest absolute Gasteiger partial charge is 0.349 e. The number of carbonyl (C=O) groups is 1. The number of hydrogen-bond donors (Lipinski definition) is 2. The number of nitrogen functional groups attached to an aromatic ring is 1. The molecular weight excluding hydrogens is 479 g/mol. The van der Waals surface area contributed by atoms with Crippen molar-refractivity contribution in [3.8, 4) is 17.2 Å². The number of Topliss-reactive ketones (excluding diaryl/α,β-unsaturated/α-hetero) is 1. The molecule has 0 bridgehead atoms. The molecule has 1 heterocycles. The van der Waals surface area contributed by atoms with Gasteiger partial charge in [0.2, 0.25) is 5.82 Å². The monoisotopic (exact) mass is 502 g/mol. The highest BCUT2D eigenvalue weighted by atomic mass is 35.5. The molecular formula is C24H24Cl2N4O4. The number of rotatable bonds is 6. The molecule has 4 rings (SSSR count). The van der Waals surface area contributed by atoms with Crippen molar-refractivity contribution in [1.29, 1.82) is 0 Å². The second kappa shape index (κ2) is 8.92. The normalized spacial score (nSPS) is 14.5. The van der Waals surface area contributed by atoms with E-state index in [1.54, 1.807) is 0 Å². The summed E-state index contributed by atoms with van der Waals surface area (Å²) in [5.41, 5.74) is 6.57. The molecule has 0 spiro atoms. The Balaban J connectivity index is 1.75. The van der Waals surface area contributed by atoms with Crippen molar-refractivity contribution in [2.75, 3.05) is 5.73 Å². The molecule has 34 heavy (non-hydrogen) atoms. The highest BCUT2D eigenvalue weighted by molar-refractivity contribution is 6.37. The molecule has 1 aliphatic carbocycles. The number of carbonyl (C=O) groups excluding carboxylic acids is 1. The summed E-state index contributed by atoms with van der Waals surface area (Å²) in [5.74, 6) is 0.590. The molecule has 8 nitrogen and oxygen atoms in total. The number of aromatic nitrogens is 3. The Hall–Kier alpha value is -3.10. The number of halogens is 2. The van der Waals surface area contributed by atoms with Crippen LogP contribution in [0.5, 0.6) is 11.5 Å². The average molecular weight is 503 g/mol. The van der Waals surface area contributed by atoms with E-state index in [0.717, 1.165) is 40.6 Å². The molecule has 2 aromatic carbocycles. The minimum Gasteiger partial charge on any atom is -0.454 e. The van der Waals surface area contributed by atoms with Gasteiger partial charge in [0.25, 0.3) is 5.56 Å². The number of aryl methyl sites for hydroxylation is 2. The summed E-state index contributed by atoms with van der Waals surface area (Å²) in [6.07, 6.45) is 3.13. The first-order valence-electron chi connectivity index (χ1n) is 10.9. The first-order chi connectivity index (χ1) is 16.1. The number of H-pyrrole nitrogens is 1. The van der Waals surface area contributed by atoms with Gasteiger partial charge in [-0.05, 0) is 61.6 Å². The van der Waals surface area contributed by atoms with Crippen molar-refractivity contribution in [2.45, 2.75) is 51.9 Å². The highest BCUT2D eigenvalue weighted by Gasteiger charge is 2.45. The standard InChI is InChI=1S/C24H24Cl2N4O4/c1-4-19(31)24(6-5-7-24)15-11-18(13(3)8-12(15)2)34-20-16(25)9-14(10-17(20)26)30-23(33)28-22(32)21(27)29-30/h8-11H,4-7H2,1-3H3,(H2,27,29)(H,28,32,33). The van der Waals surface area contributed by atoms with Crippen LogP contribution in [0.2, 0.25) is 10.0 Å². The van der Waals surface area contributed by atoms with Crippen LogP contribution in [0, 0.1) is 13.8 Å². The van der Waals surface area contributed by atoms with Crippen molar-refractivity contribution in [2.24, 2.45) is 0 Å². The largest absolute Gasteiger partial charge is 0.454 e. The lowest BCUT2D eigenvalue weighted by molar-refractivity contribution is -0.127. The Kier molecular flexibility index (Phi) is 6.31. The number of ketones is 1. The van der Waals surface area contributed by atoms with Gasteiger partial charge in [0.15, 0.2) is 5.75 Å². The van der Waals surface area contributed by atoms with E-state index in [1.165, 1.54) is 12.1 Å². The zero-order valence-electron chi connectivity index (χ0n) is 19.0. The molecule has 1 aromatic heterocycles. The number of benzene rings is 2. The number of nitrogens with two attached hydrogens (primary N) is 1. The number of ether oxygens (including phenoxy) is 1. The van der Waals surface area contributed by atoms with E-state index in [0.29, 0.717) is 12.2 Å². The molecule has 0 unspecified atom stereocenters. The maximum atomic E-state index is 12.8. The summed E-state index contributed by atoms with van der Waals surface area (Å²) in [6, 6.07) is 6.78. The molecule has 178 valence electrons. The zero-order valence-corrected chi connectivity index (χ0v) is 20.5. The molecule has 0 amide bonds. The Morgan fingerprint density at radius 3 is 2.35 bits per heavy atom. The summed E-state index contributed by atoms with van der Waals surface area (Å²) in [5, 5.41) is 4.05. The predicted octanol–water partition coefficient (Wildman–Crippen LogP) is 4.62. The second-order valence-electron chi connectivity index (χ2n) is 8.54. The lowest BCUT2D eigenvalue weighted by Crippen LogP contribution is -2.42. The molecule has 0 atom stereocenters. The number of anilines is 1. The van der Waals surface area contributed by atoms with Gasteiger partial charge in [0.05, 0.1) is 21.1 Å². The van der Waals surface area contributed by atoms with Crippen LogP contribution < -0.4 is 21.7 Å². The van der Waals surface area contributed by atoms with Gasteiger partial charge >= 0.3 is 5.69 Å². The third-order valence-electron chi connectivity index (χ3n) is 6.39. The van der Waals surface area contributed by atoms with Crippen LogP contribution >= 0.6 is 23.2 Å². The molecule has 3 N–H and O–H groups in total. The molecule has 1 saturated carbocycles. The van der Waals surface area contributed by atoms with Crippen LogP contribution in [-0.2, 0) is 10.2 Å². The zero-order chi connectivity index (χ0) is 24.8. The molecule has 0 aliphatic heterocycles. The quantitative estimate of drug-likeness (QED) is 0.507. The number of aromatic amines is 1. The number of hydrogen-bond acceptors (Lipinski definition) is 6. The van der Waals surface area contributed by atoms with E-state index in [9.17, 15) is 14.4 Å². The van der Waals surface area contributed by atoms with E-state index in [4.69, 9.17) is 33.7 Å². The van der Waals surface area contributed by atoms with Gasteiger partial charge < -0.3 is 10.5 Å². The van der Waals surface area contributed by atoms with E-state index in [2.05, 4.69) is 10.1 Å². The van der Waals surface area contributed by atoms with Crippen LogP contribution in [0.1, 0.15) is 49.3 Å². The van der Waals surface area contributed by atoms with Gasteiger partial charge in [-0.3, -0.25) is 14.6 Å². The van der Waals surface area contributed by atoms with Crippen LogP contribution in [0.25, 0.3) is 5.69 Å².